The second-order valence-corrected chi connectivity index (χ2v) is 1.88. The second-order valence-electron chi connectivity index (χ2n) is 1.57. The van der Waals surface area contributed by atoms with E-state index < -0.39 is 6.16 Å². The Hall–Kier alpha value is -0.440. The highest BCUT2D eigenvalue weighted by molar-refractivity contribution is 6.18. The van der Waals surface area contributed by atoms with Gasteiger partial charge in [-0.25, -0.2) is 4.79 Å². The molecule has 54 valence electrons. The molecule has 4 heteroatoms. The van der Waals surface area contributed by atoms with Gasteiger partial charge in [0, 0.05) is 0 Å². The lowest BCUT2D eigenvalue weighted by molar-refractivity contribution is 0.0589. The Kier molecular flexibility index (Phi) is 4.22. The van der Waals surface area contributed by atoms with Crippen molar-refractivity contribution >= 4 is 17.8 Å². The van der Waals surface area contributed by atoms with Gasteiger partial charge in [-0.15, -0.1) is 11.6 Å². The highest BCUT2D eigenvalue weighted by atomic mass is 35.5. The Morgan fingerprint density at radius 2 is 2.44 bits per heavy atom. The van der Waals surface area contributed by atoms with E-state index in [9.17, 15) is 4.79 Å². The molecule has 3 nitrogen and oxygen atoms in total. The van der Waals surface area contributed by atoms with Gasteiger partial charge in [0.25, 0.3) is 0 Å². The summed E-state index contributed by atoms with van der Waals surface area (Å²) in [6.07, 6.45) is -0.998. The predicted octanol–water partition coefficient (Wildman–Crippen LogP) is 1.70. The summed E-state index contributed by atoms with van der Waals surface area (Å²) in [5, 5.41) is 8.07. The van der Waals surface area contributed by atoms with E-state index in [1.165, 1.54) is 0 Å². The maximum atomic E-state index is 9.85. The van der Waals surface area contributed by atoms with E-state index in [0.717, 1.165) is 0 Å². The van der Waals surface area contributed by atoms with Crippen LogP contribution in [-0.2, 0) is 4.74 Å². The van der Waals surface area contributed by atoms with Gasteiger partial charge in [0.05, 0.1) is 5.88 Å². The number of ether oxygens (including phenoxy) is 1. The molecule has 1 unspecified atom stereocenters. The topological polar surface area (TPSA) is 46.5 Å². The first-order valence-electron chi connectivity index (χ1n) is 2.66. The summed E-state index contributed by atoms with van der Waals surface area (Å²) < 4.78 is 4.33. The largest absolute Gasteiger partial charge is 0.506 e. The van der Waals surface area contributed by atoms with Gasteiger partial charge in [-0.05, 0) is 6.42 Å². The van der Waals surface area contributed by atoms with Crippen LogP contribution in [0.3, 0.4) is 0 Å². The molecule has 9 heavy (non-hydrogen) atoms. The summed E-state index contributed by atoms with van der Waals surface area (Å²) in [5.74, 6) is 0.225. The summed E-state index contributed by atoms with van der Waals surface area (Å²) in [6.45, 7) is 1.82. The number of hydrogen-bond acceptors (Lipinski definition) is 2. The lowest BCUT2D eigenvalue weighted by atomic mass is 10.3. The fourth-order valence-corrected chi connectivity index (χ4v) is 0.648. The molecule has 0 radical (unpaired) electrons. The van der Waals surface area contributed by atoms with E-state index in [1.807, 2.05) is 6.92 Å². The van der Waals surface area contributed by atoms with Crippen LogP contribution in [0.2, 0.25) is 0 Å². The third kappa shape index (κ3) is 4.09. The van der Waals surface area contributed by atoms with E-state index >= 15 is 0 Å². The highest BCUT2D eigenvalue weighted by Crippen LogP contribution is 1.99. The van der Waals surface area contributed by atoms with Gasteiger partial charge in [0.2, 0.25) is 0 Å². The molecule has 0 aliphatic heterocycles. The van der Waals surface area contributed by atoms with Crippen LogP contribution in [0.25, 0.3) is 0 Å². The summed E-state index contributed by atoms with van der Waals surface area (Å²) in [5.41, 5.74) is 0. The van der Waals surface area contributed by atoms with Crippen molar-refractivity contribution in [2.45, 2.75) is 19.4 Å². The van der Waals surface area contributed by atoms with Crippen molar-refractivity contribution in [3.8, 4) is 0 Å². The molecule has 0 aromatic rings. The summed E-state index contributed by atoms with van der Waals surface area (Å²) in [7, 11) is 0. The maximum absolute atomic E-state index is 9.85. The van der Waals surface area contributed by atoms with E-state index in [4.69, 9.17) is 16.7 Å². The monoisotopic (exact) mass is 152 g/mol. The fraction of sp³-hybridized carbons (Fsp3) is 0.800. The molecule has 0 saturated heterocycles. The van der Waals surface area contributed by atoms with Gasteiger partial charge in [0.1, 0.15) is 6.10 Å². The van der Waals surface area contributed by atoms with Crippen LogP contribution in [0.1, 0.15) is 13.3 Å². The number of alkyl halides is 1. The fourth-order valence-electron chi connectivity index (χ4n) is 0.367. The van der Waals surface area contributed by atoms with Crippen LogP contribution in [0.15, 0.2) is 0 Å². The minimum Gasteiger partial charge on any atom is -0.450 e. The van der Waals surface area contributed by atoms with E-state index in [1.54, 1.807) is 0 Å². The SMILES string of the molecule is CCC(CCl)OC(=O)O. The Labute approximate surface area is 58.6 Å². The third-order valence-corrected chi connectivity index (χ3v) is 1.24. The zero-order chi connectivity index (χ0) is 7.28. The molecule has 0 aliphatic rings. The molecule has 0 aromatic heterocycles. The lowest BCUT2D eigenvalue weighted by Gasteiger charge is -2.08. The Bertz CT molecular complexity index is 90.2. The average Bonchev–Trinajstić information content (AvgIpc) is 1.82. The van der Waals surface area contributed by atoms with Crippen LogP contribution in [0, 0.1) is 0 Å². The third-order valence-electron chi connectivity index (χ3n) is 0.895. The smallest absolute Gasteiger partial charge is 0.450 e. The van der Waals surface area contributed by atoms with Gasteiger partial charge in [-0.1, -0.05) is 6.92 Å². The number of carboxylic acid groups (broad SMARTS) is 1. The van der Waals surface area contributed by atoms with Gasteiger partial charge in [-0.2, -0.15) is 0 Å². The minimum absolute atomic E-state index is 0.225. The van der Waals surface area contributed by atoms with Crippen LogP contribution in [0.4, 0.5) is 4.79 Å². The van der Waals surface area contributed by atoms with E-state index in [0.29, 0.717) is 6.42 Å². The zero-order valence-electron chi connectivity index (χ0n) is 5.13. The van der Waals surface area contributed by atoms with Crippen molar-refractivity contribution in [1.82, 2.24) is 0 Å². The highest BCUT2D eigenvalue weighted by Gasteiger charge is 2.08. The standard InChI is InChI=1S/C5H9ClO3/c1-2-4(3-6)9-5(7)8/h4H,2-3H2,1H3,(H,7,8). The van der Waals surface area contributed by atoms with Crippen molar-refractivity contribution < 1.29 is 14.6 Å². The van der Waals surface area contributed by atoms with Gasteiger partial charge in [-0.3, -0.25) is 0 Å². The summed E-state index contributed by atoms with van der Waals surface area (Å²) in [4.78, 5) is 9.85. The molecule has 0 amide bonds. The average molecular weight is 153 g/mol. The lowest BCUT2D eigenvalue weighted by Crippen LogP contribution is -2.16. The van der Waals surface area contributed by atoms with Crippen molar-refractivity contribution in [2.24, 2.45) is 0 Å². The Morgan fingerprint density at radius 3 is 2.56 bits per heavy atom. The summed E-state index contributed by atoms with van der Waals surface area (Å²) >= 11 is 5.32. The van der Waals surface area contributed by atoms with Crippen LogP contribution < -0.4 is 0 Å². The van der Waals surface area contributed by atoms with Crippen molar-refractivity contribution in [3.63, 3.8) is 0 Å². The first-order chi connectivity index (χ1) is 4.20. The van der Waals surface area contributed by atoms with Gasteiger partial charge >= 0.3 is 6.16 Å². The molecule has 0 bridgehead atoms. The van der Waals surface area contributed by atoms with E-state index in [2.05, 4.69) is 4.74 Å². The molecular formula is C5H9ClO3. The van der Waals surface area contributed by atoms with Gasteiger partial charge < -0.3 is 9.84 Å². The quantitative estimate of drug-likeness (QED) is 0.495. The normalized spacial score (nSPS) is 12.7. The number of carbonyl (C=O) groups is 1. The maximum Gasteiger partial charge on any atom is 0.506 e. The van der Waals surface area contributed by atoms with Crippen molar-refractivity contribution in [3.05, 3.63) is 0 Å². The first-order valence-corrected chi connectivity index (χ1v) is 3.19. The molecule has 0 aliphatic carbocycles. The molecule has 0 rings (SSSR count). The van der Waals surface area contributed by atoms with Crippen LogP contribution in [0.5, 0.6) is 0 Å². The van der Waals surface area contributed by atoms with E-state index in [-0.39, 0.29) is 12.0 Å². The second kappa shape index (κ2) is 4.44. The van der Waals surface area contributed by atoms with Crippen LogP contribution >= 0.6 is 11.6 Å². The van der Waals surface area contributed by atoms with Crippen molar-refractivity contribution in [2.75, 3.05) is 5.88 Å². The number of rotatable bonds is 3. The summed E-state index contributed by atoms with van der Waals surface area (Å²) in [6, 6.07) is 0. The molecule has 1 N–H and O–H groups in total. The van der Waals surface area contributed by atoms with Crippen LogP contribution in [-0.4, -0.2) is 23.2 Å². The molecule has 1 atom stereocenters. The predicted molar refractivity (Wildman–Crippen MR) is 33.9 cm³/mol. The number of halogens is 1. The molecule has 0 spiro atoms. The molecule has 0 aromatic carbocycles. The minimum atomic E-state index is -1.26. The molecule has 0 saturated carbocycles. The molecule has 0 fully saturated rings. The Morgan fingerprint density at radius 1 is 1.89 bits per heavy atom. The number of hydrogen-bond donors (Lipinski definition) is 1. The van der Waals surface area contributed by atoms with Crippen molar-refractivity contribution in [1.29, 1.82) is 0 Å². The first kappa shape index (κ1) is 8.56. The van der Waals surface area contributed by atoms with Gasteiger partial charge in [0.15, 0.2) is 0 Å². The zero-order valence-corrected chi connectivity index (χ0v) is 5.89. The molecule has 0 heterocycles. The molecular weight excluding hydrogens is 144 g/mol. The Balaban J connectivity index is 3.43.